The van der Waals surface area contributed by atoms with E-state index in [9.17, 15) is 17.2 Å². The SMILES string of the molecule is CNC1CCCN(S(=O)(=O)c2cc(F)ccc2F)C1. The Hall–Kier alpha value is -1.05. The molecular formula is C12H16F2N2O2S. The van der Waals surface area contributed by atoms with E-state index >= 15 is 0 Å². The van der Waals surface area contributed by atoms with Gasteiger partial charge < -0.3 is 5.32 Å². The van der Waals surface area contributed by atoms with E-state index in [4.69, 9.17) is 0 Å². The second-order valence-corrected chi connectivity index (χ2v) is 6.47. The summed E-state index contributed by atoms with van der Waals surface area (Å²) in [5, 5.41) is 3.01. The fraction of sp³-hybridized carbons (Fsp3) is 0.500. The van der Waals surface area contributed by atoms with Crippen molar-refractivity contribution >= 4 is 10.0 Å². The van der Waals surface area contributed by atoms with E-state index in [0.717, 1.165) is 24.6 Å². The molecule has 1 heterocycles. The maximum Gasteiger partial charge on any atom is 0.246 e. The lowest BCUT2D eigenvalue weighted by Gasteiger charge is -2.31. The first-order chi connectivity index (χ1) is 8.95. The first-order valence-corrected chi connectivity index (χ1v) is 7.51. The second-order valence-electron chi connectivity index (χ2n) is 4.57. The molecule has 1 saturated heterocycles. The molecule has 0 amide bonds. The molecule has 4 nitrogen and oxygen atoms in total. The van der Waals surface area contributed by atoms with Crippen molar-refractivity contribution in [3.63, 3.8) is 0 Å². The molecule has 0 saturated carbocycles. The number of halogens is 2. The predicted octanol–water partition coefficient (Wildman–Crippen LogP) is 1.34. The summed E-state index contributed by atoms with van der Waals surface area (Å²) in [4.78, 5) is -0.593. The number of hydrogen-bond acceptors (Lipinski definition) is 3. The van der Waals surface area contributed by atoms with Gasteiger partial charge in [-0.25, -0.2) is 17.2 Å². The molecule has 19 heavy (non-hydrogen) atoms. The smallest absolute Gasteiger partial charge is 0.246 e. The molecule has 1 aromatic rings. The van der Waals surface area contributed by atoms with Crippen LogP contribution in [0.2, 0.25) is 0 Å². The van der Waals surface area contributed by atoms with Gasteiger partial charge in [0.1, 0.15) is 16.5 Å². The molecule has 2 rings (SSSR count). The fourth-order valence-corrected chi connectivity index (χ4v) is 3.81. The minimum Gasteiger partial charge on any atom is -0.316 e. The van der Waals surface area contributed by atoms with E-state index in [1.54, 1.807) is 7.05 Å². The van der Waals surface area contributed by atoms with Gasteiger partial charge in [-0.05, 0) is 38.1 Å². The molecule has 106 valence electrons. The van der Waals surface area contributed by atoms with Crippen LogP contribution >= 0.6 is 0 Å². The van der Waals surface area contributed by atoms with Gasteiger partial charge in [-0.1, -0.05) is 0 Å². The largest absolute Gasteiger partial charge is 0.316 e. The Morgan fingerprint density at radius 3 is 2.79 bits per heavy atom. The van der Waals surface area contributed by atoms with Crippen LogP contribution in [0.3, 0.4) is 0 Å². The zero-order valence-electron chi connectivity index (χ0n) is 10.6. The van der Waals surface area contributed by atoms with Crippen LogP contribution in [-0.2, 0) is 10.0 Å². The van der Waals surface area contributed by atoms with E-state index in [1.165, 1.54) is 4.31 Å². The average molecular weight is 290 g/mol. The number of likely N-dealkylation sites (N-methyl/N-ethyl adjacent to an activating group) is 1. The van der Waals surface area contributed by atoms with Crippen LogP contribution in [0.15, 0.2) is 23.1 Å². The first kappa shape index (κ1) is 14.4. The van der Waals surface area contributed by atoms with Gasteiger partial charge in [0.2, 0.25) is 10.0 Å². The van der Waals surface area contributed by atoms with Crippen LogP contribution in [0.1, 0.15) is 12.8 Å². The van der Waals surface area contributed by atoms with Crippen molar-refractivity contribution < 1.29 is 17.2 Å². The van der Waals surface area contributed by atoms with Gasteiger partial charge in [-0.2, -0.15) is 4.31 Å². The summed E-state index contributed by atoms with van der Waals surface area (Å²) in [6.45, 7) is 0.602. The Kier molecular flexibility index (Phi) is 4.17. The topological polar surface area (TPSA) is 49.4 Å². The number of piperidine rings is 1. The number of rotatable bonds is 3. The summed E-state index contributed by atoms with van der Waals surface area (Å²) in [6.07, 6.45) is 1.57. The summed E-state index contributed by atoms with van der Waals surface area (Å²) < 4.78 is 52.6. The Balaban J connectivity index is 2.34. The highest BCUT2D eigenvalue weighted by atomic mass is 32.2. The number of sulfonamides is 1. The Morgan fingerprint density at radius 1 is 1.37 bits per heavy atom. The predicted molar refractivity (Wildman–Crippen MR) is 67.2 cm³/mol. The van der Waals surface area contributed by atoms with Crippen LogP contribution in [0.25, 0.3) is 0 Å². The lowest BCUT2D eigenvalue weighted by atomic mass is 10.1. The second kappa shape index (κ2) is 5.52. The number of benzene rings is 1. The highest BCUT2D eigenvalue weighted by molar-refractivity contribution is 7.89. The molecule has 7 heteroatoms. The molecule has 1 unspecified atom stereocenters. The van der Waals surface area contributed by atoms with Gasteiger partial charge in [0.05, 0.1) is 0 Å². The van der Waals surface area contributed by atoms with Gasteiger partial charge >= 0.3 is 0 Å². The summed E-state index contributed by atoms with van der Waals surface area (Å²) in [5.74, 6) is -1.69. The van der Waals surface area contributed by atoms with Crippen molar-refractivity contribution in [1.82, 2.24) is 9.62 Å². The minimum absolute atomic E-state index is 0.0418. The van der Waals surface area contributed by atoms with E-state index in [0.29, 0.717) is 13.0 Å². The monoisotopic (exact) mass is 290 g/mol. The van der Waals surface area contributed by atoms with Crippen LogP contribution in [0, 0.1) is 11.6 Å². The van der Waals surface area contributed by atoms with E-state index in [1.807, 2.05) is 0 Å². The zero-order valence-corrected chi connectivity index (χ0v) is 11.4. The van der Waals surface area contributed by atoms with Crippen molar-refractivity contribution in [2.24, 2.45) is 0 Å². The maximum absolute atomic E-state index is 13.6. The van der Waals surface area contributed by atoms with Crippen LogP contribution in [0.5, 0.6) is 0 Å². The van der Waals surface area contributed by atoms with Crippen molar-refractivity contribution in [2.45, 2.75) is 23.8 Å². The third kappa shape index (κ3) is 2.93. The van der Waals surface area contributed by atoms with Crippen molar-refractivity contribution in [1.29, 1.82) is 0 Å². The van der Waals surface area contributed by atoms with Gasteiger partial charge in [-0.3, -0.25) is 0 Å². The van der Waals surface area contributed by atoms with Crippen molar-refractivity contribution in [2.75, 3.05) is 20.1 Å². The number of nitrogens with zero attached hydrogens (tertiary/aromatic N) is 1. The highest BCUT2D eigenvalue weighted by Gasteiger charge is 2.31. The fourth-order valence-electron chi connectivity index (χ4n) is 2.21. The number of nitrogens with one attached hydrogen (secondary N) is 1. The lowest BCUT2D eigenvalue weighted by Crippen LogP contribution is -2.47. The quantitative estimate of drug-likeness (QED) is 0.914. The van der Waals surface area contributed by atoms with E-state index in [2.05, 4.69) is 5.32 Å². The molecule has 1 aliphatic heterocycles. The summed E-state index contributed by atoms with van der Waals surface area (Å²) >= 11 is 0. The van der Waals surface area contributed by atoms with E-state index < -0.39 is 26.6 Å². The maximum atomic E-state index is 13.6. The summed E-state index contributed by atoms with van der Waals surface area (Å²) in [5.41, 5.74) is 0. The highest BCUT2D eigenvalue weighted by Crippen LogP contribution is 2.23. The Morgan fingerprint density at radius 2 is 2.11 bits per heavy atom. The molecule has 1 N–H and O–H groups in total. The van der Waals surface area contributed by atoms with Gasteiger partial charge in [0, 0.05) is 19.1 Å². The molecular weight excluding hydrogens is 274 g/mol. The molecule has 1 aliphatic rings. The molecule has 0 bridgehead atoms. The third-order valence-corrected chi connectivity index (χ3v) is 5.18. The van der Waals surface area contributed by atoms with Gasteiger partial charge in [0.25, 0.3) is 0 Å². The summed E-state index contributed by atoms with van der Waals surface area (Å²) in [7, 11) is -2.23. The van der Waals surface area contributed by atoms with Crippen LogP contribution < -0.4 is 5.32 Å². The molecule has 0 aliphatic carbocycles. The van der Waals surface area contributed by atoms with Crippen LogP contribution in [0.4, 0.5) is 8.78 Å². The Bertz CT molecular complexity index is 563. The molecule has 1 fully saturated rings. The molecule has 1 atom stereocenters. The standard InChI is InChI=1S/C12H16F2N2O2S/c1-15-10-3-2-6-16(8-10)19(17,18)12-7-9(13)4-5-11(12)14/h4-5,7,10,15H,2-3,6,8H2,1H3. The molecule has 0 aromatic heterocycles. The summed E-state index contributed by atoms with van der Waals surface area (Å²) in [6, 6.07) is 2.51. The van der Waals surface area contributed by atoms with Crippen molar-refractivity contribution in [3.05, 3.63) is 29.8 Å². The van der Waals surface area contributed by atoms with Crippen molar-refractivity contribution in [3.8, 4) is 0 Å². The van der Waals surface area contributed by atoms with E-state index in [-0.39, 0.29) is 12.6 Å². The normalized spacial score (nSPS) is 21.5. The number of hydrogen-bond donors (Lipinski definition) is 1. The van der Waals surface area contributed by atoms with Gasteiger partial charge in [-0.15, -0.1) is 0 Å². The lowest BCUT2D eigenvalue weighted by molar-refractivity contribution is 0.292. The third-order valence-electron chi connectivity index (χ3n) is 3.30. The zero-order chi connectivity index (χ0) is 14.0. The molecule has 1 aromatic carbocycles. The van der Waals surface area contributed by atoms with Gasteiger partial charge in [0.15, 0.2) is 0 Å². The first-order valence-electron chi connectivity index (χ1n) is 6.07. The minimum atomic E-state index is -3.98. The Labute approximate surface area is 111 Å². The average Bonchev–Trinajstić information content (AvgIpc) is 2.41. The molecule has 0 spiro atoms. The molecule has 0 radical (unpaired) electrons. The van der Waals surface area contributed by atoms with Crippen LogP contribution in [-0.4, -0.2) is 38.9 Å².